The summed E-state index contributed by atoms with van der Waals surface area (Å²) >= 11 is 2.93. The average molecular weight is 324 g/mol. The van der Waals surface area contributed by atoms with Crippen LogP contribution in [0.2, 0.25) is 0 Å². The molecule has 0 atom stereocenters. The van der Waals surface area contributed by atoms with Crippen LogP contribution in [0.4, 0.5) is 5.69 Å². The number of ether oxygens (including phenoxy) is 1. The van der Waals surface area contributed by atoms with E-state index in [-0.39, 0.29) is 10.7 Å². The number of carbonyl (C=O) groups is 2. The highest BCUT2D eigenvalue weighted by atomic mass is 79.9. The van der Waals surface area contributed by atoms with Crippen molar-refractivity contribution in [1.82, 2.24) is 0 Å². The number of fused-ring (bicyclic) bond motifs is 1. The highest BCUT2D eigenvalue weighted by Crippen LogP contribution is 2.25. The first-order valence-electron chi connectivity index (χ1n) is 5.98. The number of nitrogens with one attached hydrogen (secondary N) is 1. The van der Waals surface area contributed by atoms with E-state index in [1.54, 1.807) is 18.2 Å². The van der Waals surface area contributed by atoms with Crippen LogP contribution in [0.3, 0.4) is 0 Å². The summed E-state index contributed by atoms with van der Waals surface area (Å²) in [6.07, 6.45) is 3.30. The minimum atomic E-state index is -0.316. The van der Waals surface area contributed by atoms with Gasteiger partial charge in [-0.15, -0.1) is 0 Å². The van der Waals surface area contributed by atoms with Crippen LogP contribution >= 0.6 is 15.9 Å². The van der Waals surface area contributed by atoms with Crippen LogP contribution in [0.25, 0.3) is 6.08 Å². The van der Waals surface area contributed by atoms with Gasteiger partial charge in [0.05, 0.1) is 7.11 Å². The van der Waals surface area contributed by atoms with Gasteiger partial charge in [-0.3, -0.25) is 4.79 Å². The molecular formula is C14H14BrNO3. The molecule has 0 saturated heterocycles. The average Bonchev–Trinajstić information content (AvgIpc) is 2.38. The number of anilines is 1. The number of rotatable bonds is 2. The Morgan fingerprint density at radius 1 is 1.37 bits per heavy atom. The summed E-state index contributed by atoms with van der Waals surface area (Å²) in [6, 6.07) is 5.35. The summed E-state index contributed by atoms with van der Waals surface area (Å²) in [4.78, 5) is 23.0. The number of hydrogen-bond acceptors (Lipinski definition) is 4. The van der Waals surface area contributed by atoms with Gasteiger partial charge in [-0.2, -0.15) is 0 Å². The highest BCUT2D eigenvalue weighted by Gasteiger charge is 2.14. The zero-order valence-electron chi connectivity index (χ0n) is 10.5. The van der Waals surface area contributed by atoms with E-state index < -0.39 is 0 Å². The van der Waals surface area contributed by atoms with Gasteiger partial charge in [-0.25, -0.2) is 4.79 Å². The van der Waals surface area contributed by atoms with Gasteiger partial charge in [-0.1, -0.05) is 0 Å². The molecule has 0 saturated carbocycles. The van der Waals surface area contributed by atoms with Crippen molar-refractivity contribution in [2.24, 2.45) is 0 Å². The van der Waals surface area contributed by atoms with Crippen molar-refractivity contribution in [2.75, 3.05) is 19.0 Å². The van der Waals surface area contributed by atoms with E-state index in [1.807, 2.05) is 6.07 Å². The second kappa shape index (κ2) is 6.02. The lowest BCUT2D eigenvalue weighted by Gasteiger charge is -2.15. The van der Waals surface area contributed by atoms with E-state index in [2.05, 4.69) is 21.2 Å². The van der Waals surface area contributed by atoms with Crippen LogP contribution in [0.1, 0.15) is 28.8 Å². The molecule has 0 aromatic heterocycles. The van der Waals surface area contributed by atoms with Gasteiger partial charge in [0.25, 0.3) is 0 Å². The minimum absolute atomic E-state index is 0.176. The Morgan fingerprint density at radius 2 is 2.16 bits per heavy atom. The Balaban J connectivity index is 2.47. The smallest absolute Gasteiger partial charge is 0.333 e. The fraction of sp³-hybridized carbons (Fsp3) is 0.286. The van der Waals surface area contributed by atoms with Gasteiger partial charge in [0.15, 0.2) is 0 Å². The van der Waals surface area contributed by atoms with Crippen LogP contribution in [0.15, 0.2) is 23.8 Å². The Labute approximate surface area is 120 Å². The molecule has 1 N–H and O–H groups in total. The number of hydrogen-bond donors (Lipinski definition) is 1. The number of benzene rings is 1. The predicted molar refractivity (Wildman–Crippen MR) is 77.4 cm³/mol. The molecule has 1 aromatic rings. The molecule has 5 heteroatoms. The summed E-state index contributed by atoms with van der Waals surface area (Å²) < 4.78 is 4.60. The Bertz CT molecular complexity index is 552. The second-order valence-electron chi connectivity index (χ2n) is 4.27. The molecule has 1 aliphatic heterocycles. The molecule has 4 nitrogen and oxygen atoms in total. The summed E-state index contributed by atoms with van der Waals surface area (Å²) in [5.41, 5.74) is 2.93. The molecule has 0 radical (unpaired) electrons. The second-order valence-corrected chi connectivity index (χ2v) is 4.99. The standard InChI is InChI=1S/C14H14BrNO3/c1-19-14(18)10-3-2-6-16-12-5-4-9(13(15)17)7-11(12)8-10/h4-5,7-8,16H,2-3,6H2,1H3. The zero-order valence-corrected chi connectivity index (χ0v) is 12.1. The van der Waals surface area contributed by atoms with Crippen LogP contribution in [0, 0.1) is 0 Å². The van der Waals surface area contributed by atoms with E-state index in [1.165, 1.54) is 7.11 Å². The van der Waals surface area contributed by atoms with Gasteiger partial charge >= 0.3 is 5.97 Å². The first kappa shape index (κ1) is 13.8. The molecule has 19 heavy (non-hydrogen) atoms. The number of halogens is 1. The molecule has 0 unspecified atom stereocenters. The molecule has 0 spiro atoms. The summed E-state index contributed by atoms with van der Waals surface area (Å²) in [5.74, 6) is -0.316. The number of methoxy groups -OCH3 is 1. The lowest BCUT2D eigenvalue weighted by molar-refractivity contribution is -0.136. The van der Waals surface area contributed by atoms with Crippen molar-refractivity contribution in [1.29, 1.82) is 0 Å². The van der Waals surface area contributed by atoms with Crippen LogP contribution in [-0.2, 0) is 9.53 Å². The summed E-state index contributed by atoms with van der Waals surface area (Å²) in [7, 11) is 1.37. The zero-order chi connectivity index (χ0) is 13.8. The first-order valence-corrected chi connectivity index (χ1v) is 6.78. The summed E-state index contributed by atoms with van der Waals surface area (Å²) in [6.45, 7) is 0.781. The fourth-order valence-electron chi connectivity index (χ4n) is 2.02. The maximum absolute atomic E-state index is 11.7. The van der Waals surface area contributed by atoms with E-state index in [0.29, 0.717) is 17.6 Å². The predicted octanol–water partition coefficient (Wildman–Crippen LogP) is 2.98. The number of carbonyl (C=O) groups excluding carboxylic acids is 2. The monoisotopic (exact) mass is 323 g/mol. The third kappa shape index (κ3) is 3.23. The van der Waals surface area contributed by atoms with Crippen LogP contribution in [0.5, 0.6) is 0 Å². The topological polar surface area (TPSA) is 55.4 Å². The highest BCUT2D eigenvalue weighted by molar-refractivity contribution is 9.18. The van der Waals surface area contributed by atoms with Crippen molar-refractivity contribution in [3.05, 3.63) is 34.9 Å². The normalized spacial score (nSPS) is 14.3. The van der Waals surface area contributed by atoms with E-state index in [4.69, 9.17) is 4.74 Å². The fourth-order valence-corrected chi connectivity index (χ4v) is 2.27. The van der Waals surface area contributed by atoms with Gasteiger partial charge in [-0.05, 0) is 58.6 Å². The van der Waals surface area contributed by atoms with Crippen molar-refractivity contribution in [2.45, 2.75) is 12.8 Å². The Morgan fingerprint density at radius 3 is 2.84 bits per heavy atom. The molecule has 100 valence electrons. The van der Waals surface area contributed by atoms with E-state index in [0.717, 1.165) is 24.2 Å². The number of esters is 1. The molecule has 0 bridgehead atoms. The molecule has 1 aliphatic rings. The van der Waals surface area contributed by atoms with Crippen molar-refractivity contribution in [3.63, 3.8) is 0 Å². The van der Waals surface area contributed by atoms with Crippen molar-refractivity contribution in [3.8, 4) is 0 Å². The van der Waals surface area contributed by atoms with Gasteiger partial charge < -0.3 is 10.1 Å². The van der Waals surface area contributed by atoms with E-state index in [9.17, 15) is 9.59 Å². The molecule has 0 amide bonds. The SMILES string of the molecule is COC(=O)C1=Cc2cc(C(=O)Br)ccc2NCCC1. The van der Waals surface area contributed by atoms with Gasteiger partial charge in [0.1, 0.15) is 0 Å². The molecule has 1 aromatic carbocycles. The molecule has 0 aliphatic carbocycles. The largest absolute Gasteiger partial charge is 0.466 e. The summed E-state index contributed by atoms with van der Waals surface area (Å²) in [5, 5.41) is 3.29. The molecule has 1 heterocycles. The lowest BCUT2D eigenvalue weighted by atomic mass is 10.0. The molecular weight excluding hydrogens is 310 g/mol. The van der Waals surface area contributed by atoms with Crippen LogP contribution in [-0.4, -0.2) is 24.3 Å². The van der Waals surface area contributed by atoms with Crippen molar-refractivity contribution >= 4 is 38.4 Å². The Kier molecular flexibility index (Phi) is 4.37. The molecule has 0 fully saturated rings. The van der Waals surface area contributed by atoms with E-state index >= 15 is 0 Å². The maximum Gasteiger partial charge on any atom is 0.333 e. The minimum Gasteiger partial charge on any atom is -0.466 e. The quantitative estimate of drug-likeness (QED) is 0.671. The van der Waals surface area contributed by atoms with Crippen LogP contribution < -0.4 is 5.32 Å². The maximum atomic E-state index is 11.7. The Hall–Kier alpha value is -1.62. The third-order valence-corrected chi connectivity index (χ3v) is 3.45. The molecule has 2 rings (SSSR count). The van der Waals surface area contributed by atoms with Crippen molar-refractivity contribution < 1.29 is 14.3 Å². The first-order chi connectivity index (χ1) is 9.11. The third-order valence-electron chi connectivity index (χ3n) is 2.99. The van der Waals surface area contributed by atoms with Gasteiger partial charge in [0, 0.05) is 23.4 Å². The van der Waals surface area contributed by atoms with Gasteiger partial charge in [0.2, 0.25) is 4.69 Å². The lowest BCUT2D eigenvalue weighted by Crippen LogP contribution is -2.11.